The summed E-state index contributed by atoms with van der Waals surface area (Å²) in [6.07, 6.45) is 17.2. The second kappa shape index (κ2) is 7.75. The molecule has 4 aliphatic rings. The lowest BCUT2D eigenvalue weighted by Gasteiger charge is -2.58. The highest BCUT2D eigenvalue weighted by Crippen LogP contribution is 2.67. The van der Waals surface area contributed by atoms with Crippen molar-refractivity contribution in [2.24, 2.45) is 46.3 Å². The third-order valence-electron chi connectivity index (χ3n) is 10.3. The Hall–Kier alpha value is -0.300. The maximum absolute atomic E-state index is 10.2. The van der Waals surface area contributed by atoms with Crippen LogP contribution in [0.5, 0.6) is 0 Å². The van der Waals surface area contributed by atoms with Gasteiger partial charge in [0.05, 0.1) is 6.10 Å². The highest BCUT2D eigenvalue weighted by molar-refractivity contribution is 5.25. The van der Waals surface area contributed by atoms with E-state index in [0.29, 0.717) is 10.8 Å². The van der Waals surface area contributed by atoms with E-state index in [1.165, 1.54) is 57.8 Å². The van der Waals surface area contributed by atoms with Gasteiger partial charge in [0.15, 0.2) is 0 Å². The van der Waals surface area contributed by atoms with Crippen molar-refractivity contribution in [1.29, 1.82) is 0 Å². The number of aliphatic hydroxyl groups excluding tert-OH is 1. The molecule has 0 spiro atoms. The molecule has 0 aromatic heterocycles. The minimum absolute atomic E-state index is 0.0766. The molecule has 0 unspecified atom stereocenters. The van der Waals surface area contributed by atoms with E-state index in [0.717, 1.165) is 48.3 Å². The summed E-state index contributed by atoms with van der Waals surface area (Å²) in [5, 5.41) is 10.2. The molecule has 0 aromatic carbocycles. The topological polar surface area (TPSA) is 20.2 Å². The number of hydrogen-bond donors (Lipinski definition) is 1. The van der Waals surface area contributed by atoms with Crippen molar-refractivity contribution in [1.82, 2.24) is 0 Å². The van der Waals surface area contributed by atoms with Crippen molar-refractivity contribution < 1.29 is 5.11 Å². The zero-order valence-corrected chi connectivity index (χ0v) is 19.3. The van der Waals surface area contributed by atoms with E-state index in [1.807, 2.05) is 0 Å². The number of rotatable bonds is 5. The fourth-order valence-electron chi connectivity index (χ4n) is 8.67. The second-order valence-electron chi connectivity index (χ2n) is 12.2. The summed E-state index contributed by atoms with van der Waals surface area (Å²) >= 11 is 0. The van der Waals surface area contributed by atoms with E-state index in [2.05, 4.69) is 40.7 Å². The van der Waals surface area contributed by atoms with E-state index >= 15 is 0 Å². The lowest BCUT2D eigenvalue weighted by atomic mass is 9.47. The first-order valence-corrected chi connectivity index (χ1v) is 12.6. The quantitative estimate of drug-likeness (QED) is 0.488. The Kier molecular flexibility index (Phi) is 5.80. The largest absolute Gasteiger partial charge is 0.393 e. The first-order valence-electron chi connectivity index (χ1n) is 12.6. The number of hydrogen-bond acceptors (Lipinski definition) is 1. The van der Waals surface area contributed by atoms with Gasteiger partial charge in [-0.15, -0.1) is 0 Å². The first-order chi connectivity index (χ1) is 13.3. The summed E-state index contributed by atoms with van der Waals surface area (Å²) < 4.78 is 0. The molecule has 0 bridgehead atoms. The summed E-state index contributed by atoms with van der Waals surface area (Å²) in [5.74, 6) is 5.46. The molecule has 1 heteroatoms. The van der Waals surface area contributed by atoms with Gasteiger partial charge in [0.25, 0.3) is 0 Å². The van der Waals surface area contributed by atoms with Crippen LogP contribution in [0.2, 0.25) is 0 Å². The fourth-order valence-corrected chi connectivity index (χ4v) is 8.67. The van der Waals surface area contributed by atoms with Crippen molar-refractivity contribution in [3.8, 4) is 0 Å². The van der Waals surface area contributed by atoms with Gasteiger partial charge >= 0.3 is 0 Å². The molecule has 0 saturated heterocycles. The minimum Gasteiger partial charge on any atom is -0.393 e. The molecule has 28 heavy (non-hydrogen) atoms. The zero-order valence-electron chi connectivity index (χ0n) is 19.3. The van der Waals surface area contributed by atoms with Gasteiger partial charge in [-0.2, -0.15) is 0 Å². The highest BCUT2D eigenvalue weighted by Gasteiger charge is 2.59. The second-order valence-corrected chi connectivity index (χ2v) is 12.2. The molecular formula is C27H46O. The molecule has 3 fully saturated rings. The third kappa shape index (κ3) is 3.42. The van der Waals surface area contributed by atoms with Crippen molar-refractivity contribution in [2.45, 2.75) is 111 Å². The molecule has 0 aliphatic heterocycles. The fraction of sp³-hybridized carbons (Fsp3) is 0.926. The summed E-state index contributed by atoms with van der Waals surface area (Å²) in [7, 11) is 0. The van der Waals surface area contributed by atoms with Crippen LogP contribution in [0, 0.1) is 46.3 Å². The summed E-state index contributed by atoms with van der Waals surface area (Å²) in [4.78, 5) is 0. The lowest BCUT2D eigenvalue weighted by molar-refractivity contribution is -0.0573. The van der Waals surface area contributed by atoms with E-state index in [4.69, 9.17) is 0 Å². The van der Waals surface area contributed by atoms with Crippen LogP contribution in [-0.4, -0.2) is 11.2 Å². The smallest absolute Gasteiger partial charge is 0.0577 e. The van der Waals surface area contributed by atoms with E-state index < -0.39 is 0 Å². The number of allylic oxidation sites excluding steroid dienone is 1. The lowest BCUT2D eigenvalue weighted by Crippen LogP contribution is -2.50. The van der Waals surface area contributed by atoms with Crippen LogP contribution < -0.4 is 0 Å². The molecule has 4 aliphatic carbocycles. The SMILES string of the molecule is CC(C)CCC[C@@H](C)[C@H]1CC[C@@H]2[C@@H]3CC=C4C[C@@H](O)CC[C@]4(C)[C@H]3CC[C@@]21C. The van der Waals surface area contributed by atoms with Gasteiger partial charge in [-0.1, -0.05) is 65.5 Å². The molecule has 0 heterocycles. The first kappa shape index (κ1) is 21.0. The Morgan fingerprint density at radius 1 is 1.00 bits per heavy atom. The predicted octanol–water partition coefficient (Wildman–Crippen LogP) is 7.39. The minimum atomic E-state index is -0.0766. The van der Waals surface area contributed by atoms with E-state index in [9.17, 15) is 5.11 Å². The molecule has 160 valence electrons. The van der Waals surface area contributed by atoms with Gasteiger partial charge in [-0.05, 0) is 97.7 Å². The van der Waals surface area contributed by atoms with Crippen LogP contribution in [0.25, 0.3) is 0 Å². The Bertz CT molecular complexity index is 591. The Morgan fingerprint density at radius 3 is 2.54 bits per heavy atom. The van der Waals surface area contributed by atoms with Gasteiger partial charge < -0.3 is 5.11 Å². The van der Waals surface area contributed by atoms with Crippen LogP contribution in [-0.2, 0) is 0 Å². The van der Waals surface area contributed by atoms with Gasteiger partial charge in [0, 0.05) is 0 Å². The van der Waals surface area contributed by atoms with Gasteiger partial charge in [-0.3, -0.25) is 0 Å². The number of aliphatic hydroxyl groups is 1. The van der Waals surface area contributed by atoms with Gasteiger partial charge in [-0.25, -0.2) is 0 Å². The monoisotopic (exact) mass is 386 g/mol. The van der Waals surface area contributed by atoms with Crippen molar-refractivity contribution >= 4 is 0 Å². The third-order valence-corrected chi connectivity index (χ3v) is 10.3. The maximum Gasteiger partial charge on any atom is 0.0577 e. The van der Waals surface area contributed by atoms with Crippen molar-refractivity contribution in [3.05, 3.63) is 11.6 Å². The van der Waals surface area contributed by atoms with Gasteiger partial charge in [0.2, 0.25) is 0 Å². The molecule has 0 aromatic rings. The average Bonchev–Trinajstić information content (AvgIpc) is 2.99. The van der Waals surface area contributed by atoms with Crippen molar-refractivity contribution in [2.75, 3.05) is 0 Å². The molecule has 8 atom stereocenters. The molecular weight excluding hydrogens is 340 g/mol. The molecule has 1 nitrogen and oxygen atoms in total. The molecule has 0 amide bonds. The van der Waals surface area contributed by atoms with E-state index in [1.54, 1.807) is 5.57 Å². The van der Waals surface area contributed by atoms with Crippen LogP contribution >= 0.6 is 0 Å². The van der Waals surface area contributed by atoms with Crippen molar-refractivity contribution in [3.63, 3.8) is 0 Å². The van der Waals surface area contributed by atoms with Crippen LogP contribution in [0.3, 0.4) is 0 Å². The van der Waals surface area contributed by atoms with Gasteiger partial charge in [0.1, 0.15) is 0 Å². The Morgan fingerprint density at radius 2 is 1.79 bits per heavy atom. The van der Waals surface area contributed by atoms with Crippen LogP contribution in [0.4, 0.5) is 0 Å². The number of fused-ring (bicyclic) bond motifs is 5. The standard InChI is InChI=1S/C27H46O/c1-18(2)7-6-8-19(3)23-11-12-24-22-10-9-20-17-21(28)13-15-26(20,4)25(22)14-16-27(23,24)5/h9,18-19,21-25,28H,6-8,10-17H2,1-5H3/t19-,21+,22+,23-,24-,25+,26+,27-/m1/s1. The predicted molar refractivity (Wildman–Crippen MR) is 119 cm³/mol. The Labute approximate surface area is 174 Å². The van der Waals surface area contributed by atoms with Crippen LogP contribution in [0.15, 0.2) is 11.6 Å². The van der Waals surface area contributed by atoms with Crippen LogP contribution in [0.1, 0.15) is 105 Å². The molecule has 1 N–H and O–H groups in total. The highest BCUT2D eigenvalue weighted by atomic mass is 16.3. The maximum atomic E-state index is 10.2. The average molecular weight is 387 g/mol. The summed E-state index contributed by atoms with van der Waals surface area (Å²) in [6.45, 7) is 12.6. The Balaban J connectivity index is 1.49. The normalized spacial score (nSPS) is 46.5. The molecule has 0 radical (unpaired) electrons. The van der Waals surface area contributed by atoms with E-state index in [-0.39, 0.29) is 6.10 Å². The summed E-state index contributed by atoms with van der Waals surface area (Å²) in [6, 6.07) is 0. The zero-order chi connectivity index (χ0) is 20.1. The summed E-state index contributed by atoms with van der Waals surface area (Å²) in [5.41, 5.74) is 2.60. The molecule has 3 saturated carbocycles. The molecule has 4 rings (SSSR count).